The van der Waals surface area contributed by atoms with E-state index >= 15 is 0 Å². The van der Waals surface area contributed by atoms with Gasteiger partial charge in [0, 0.05) is 18.9 Å². The molecule has 1 aromatic carbocycles. The zero-order chi connectivity index (χ0) is 17.7. The summed E-state index contributed by atoms with van der Waals surface area (Å²) in [5.74, 6) is 0.118. The van der Waals surface area contributed by atoms with E-state index in [4.69, 9.17) is 10.00 Å². The summed E-state index contributed by atoms with van der Waals surface area (Å²) in [6, 6.07) is 11.0. The van der Waals surface area contributed by atoms with Gasteiger partial charge in [-0.25, -0.2) is 18.4 Å². The zero-order valence-corrected chi connectivity index (χ0v) is 14.4. The lowest BCUT2D eigenvalue weighted by atomic mass is 10.1. The van der Waals surface area contributed by atoms with E-state index < -0.39 is 10.0 Å². The number of sulfonamides is 1. The number of nitrogens with zero attached hydrogens (tertiary/aromatic N) is 4. The average molecular weight is 358 g/mol. The Morgan fingerprint density at radius 1 is 1.24 bits per heavy atom. The summed E-state index contributed by atoms with van der Waals surface area (Å²) >= 11 is 0. The van der Waals surface area contributed by atoms with E-state index in [0.29, 0.717) is 19.4 Å². The lowest BCUT2D eigenvalue weighted by Crippen LogP contribution is -2.44. The van der Waals surface area contributed by atoms with Crippen LogP contribution in [-0.2, 0) is 15.8 Å². The molecule has 1 unspecified atom stereocenters. The Morgan fingerprint density at radius 3 is 2.76 bits per heavy atom. The molecule has 1 aliphatic rings. The van der Waals surface area contributed by atoms with Crippen molar-refractivity contribution in [2.24, 2.45) is 0 Å². The maximum Gasteiger partial charge on any atom is 0.251 e. The Morgan fingerprint density at radius 2 is 2.00 bits per heavy atom. The highest BCUT2D eigenvalue weighted by atomic mass is 32.2. The minimum absolute atomic E-state index is 0.0326. The largest absolute Gasteiger partial charge is 0.471 e. The van der Waals surface area contributed by atoms with E-state index in [1.54, 1.807) is 12.1 Å². The lowest BCUT2D eigenvalue weighted by Gasteiger charge is -2.31. The van der Waals surface area contributed by atoms with E-state index in [0.717, 1.165) is 5.56 Å². The van der Waals surface area contributed by atoms with Crippen molar-refractivity contribution in [3.05, 3.63) is 54.0 Å². The van der Waals surface area contributed by atoms with Gasteiger partial charge in [-0.05, 0) is 18.4 Å². The number of hydrogen-bond acceptors (Lipinski definition) is 6. The highest BCUT2D eigenvalue weighted by Gasteiger charge is 2.30. The van der Waals surface area contributed by atoms with Crippen molar-refractivity contribution in [1.82, 2.24) is 14.3 Å². The second-order valence-electron chi connectivity index (χ2n) is 5.80. The molecule has 1 fully saturated rings. The molecule has 130 valence electrons. The summed E-state index contributed by atoms with van der Waals surface area (Å²) in [4.78, 5) is 7.93. The minimum Gasteiger partial charge on any atom is -0.471 e. The normalized spacial score (nSPS) is 18.4. The van der Waals surface area contributed by atoms with Gasteiger partial charge in [0.25, 0.3) is 5.88 Å². The predicted molar refractivity (Wildman–Crippen MR) is 91.0 cm³/mol. The first-order chi connectivity index (χ1) is 12.1. The molecule has 0 N–H and O–H groups in total. The van der Waals surface area contributed by atoms with Gasteiger partial charge in [-0.1, -0.05) is 30.3 Å². The molecular weight excluding hydrogens is 340 g/mol. The van der Waals surface area contributed by atoms with Gasteiger partial charge in [0.05, 0.1) is 12.3 Å². The third-order valence-electron chi connectivity index (χ3n) is 3.98. The van der Waals surface area contributed by atoms with Crippen LogP contribution in [0, 0.1) is 11.3 Å². The van der Waals surface area contributed by atoms with Gasteiger partial charge >= 0.3 is 0 Å². The van der Waals surface area contributed by atoms with Crippen LogP contribution in [0.3, 0.4) is 0 Å². The molecule has 3 rings (SSSR count). The van der Waals surface area contributed by atoms with Gasteiger partial charge in [0.2, 0.25) is 15.7 Å². The van der Waals surface area contributed by atoms with Crippen molar-refractivity contribution in [2.45, 2.75) is 24.7 Å². The van der Waals surface area contributed by atoms with Crippen LogP contribution in [0.1, 0.15) is 24.1 Å². The van der Waals surface area contributed by atoms with Crippen LogP contribution >= 0.6 is 0 Å². The van der Waals surface area contributed by atoms with Crippen LogP contribution in [0.5, 0.6) is 5.88 Å². The molecule has 1 aromatic heterocycles. The molecule has 1 saturated heterocycles. The molecule has 7 nitrogen and oxygen atoms in total. The van der Waals surface area contributed by atoms with Gasteiger partial charge in [0.15, 0.2) is 0 Å². The van der Waals surface area contributed by atoms with E-state index in [9.17, 15) is 8.42 Å². The molecule has 0 amide bonds. The van der Waals surface area contributed by atoms with Gasteiger partial charge < -0.3 is 4.74 Å². The Labute approximate surface area is 147 Å². The van der Waals surface area contributed by atoms with Crippen LogP contribution in [0.15, 0.2) is 42.7 Å². The van der Waals surface area contributed by atoms with Crippen LogP contribution in [0.4, 0.5) is 0 Å². The summed E-state index contributed by atoms with van der Waals surface area (Å²) in [5.41, 5.74) is 0.859. The van der Waals surface area contributed by atoms with Crippen LogP contribution in [0.25, 0.3) is 0 Å². The van der Waals surface area contributed by atoms with Crippen molar-refractivity contribution in [3.8, 4) is 11.9 Å². The molecule has 25 heavy (non-hydrogen) atoms. The summed E-state index contributed by atoms with van der Waals surface area (Å²) in [5, 5.41) is 9.05. The third kappa shape index (κ3) is 4.32. The summed E-state index contributed by atoms with van der Waals surface area (Å²) in [7, 11) is -3.42. The van der Waals surface area contributed by atoms with Crippen molar-refractivity contribution in [2.75, 3.05) is 13.1 Å². The third-order valence-corrected chi connectivity index (χ3v) is 5.79. The van der Waals surface area contributed by atoms with Gasteiger partial charge in [-0.2, -0.15) is 9.57 Å². The molecular formula is C17H18N4O3S. The molecule has 0 spiro atoms. The molecule has 0 saturated carbocycles. The molecule has 2 heterocycles. The molecule has 0 bridgehead atoms. The maximum absolute atomic E-state index is 12.7. The average Bonchev–Trinajstić information content (AvgIpc) is 2.63. The van der Waals surface area contributed by atoms with Gasteiger partial charge in [-0.15, -0.1) is 0 Å². The fraction of sp³-hybridized carbons (Fsp3) is 0.353. The Hall–Kier alpha value is -2.50. The maximum atomic E-state index is 12.7. The van der Waals surface area contributed by atoms with Crippen LogP contribution < -0.4 is 4.74 Å². The SMILES string of the molecule is N#Cc1nccnc1OC1CCCN(S(=O)(=O)Cc2ccccc2)C1. The van der Waals surface area contributed by atoms with E-state index in [1.807, 2.05) is 24.3 Å². The fourth-order valence-corrected chi connectivity index (χ4v) is 4.37. The van der Waals surface area contributed by atoms with Crippen molar-refractivity contribution in [3.63, 3.8) is 0 Å². The summed E-state index contributed by atoms with van der Waals surface area (Å²) < 4.78 is 32.5. The highest BCUT2D eigenvalue weighted by molar-refractivity contribution is 7.88. The Balaban J connectivity index is 1.69. The van der Waals surface area contributed by atoms with Gasteiger partial charge in [-0.3, -0.25) is 0 Å². The number of aromatic nitrogens is 2. The first-order valence-corrected chi connectivity index (χ1v) is 9.59. The summed E-state index contributed by atoms with van der Waals surface area (Å²) in [6.45, 7) is 0.719. The lowest BCUT2D eigenvalue weighted by molar-refractivity contribution is 0.123. The molecule has 1 atom stereocenters. The minimum atomic E-state index is -3.42. The van der Waals surface area contributed by atoms with Crippen LogP contribution in [-0.4, -0.2) is 41.9 Å². The number of ether oxygens (including phenoxy) is 1. The summed E-state index contributed by atoms with van der Waals surface area (Å²) in [6.07, 6.45) is 3.92. The molecule has 0 radical (unpaired) electrons. The topological polar surface area (TPSA) is 96.2 Å². The predicted octanol–water partition coefficient (Wildman–Crippen LogP) is 1.72. The van der Waals surface area contributed by atoms with Crippen LogP contribution in [0.2, 0.25) is 0 Å². The second kappa shape index (κ2) is 7.59. The second-order valence-corrected chi connectivity index (χ2v) is 7.77. The first kappa shape index (κ1) is 17.3. The van der Waals surface area contributed by atoms with Crippen molar-refractivity contribution < 1.29 is 13.2 Å². The van der Waals surface area contributed by atoms with Gasteiger partial charge in [0.1, 0.15) is 12.2 Å². The van der Waals surface area contributed by atoms with E-state index in [1.165, 1.54) is 16.7 Å². The van der Waals surface area contributed by atoms with Crippen molar-refractivity contribution in [1.29, 1.82) is 5.26 Å². The standard InChI is InChI=1S/C17H18N4O3S/c18-11-16-17(20-9-8-19-16)24-15-7-4-10-21(12-15)25(22,23)13-14-5-2-1-3-6-14/h1-3,5-6,8-9,15H,4,7,10,12-13H2. The Kier molecular flexibility index (Phi) is 5.26. The van der Waals surface area contributed by atoms with E-state index in [2.05, 4.69) is 9.97 Å². The number of rotatable bonds is 5. The smallest absolute Gasteiger partial charge is 0.251 e. The number of hydrogen-bond donors (Lipinski definition) is 0. The van der Waals surface area contributed by atoms with Crippen molar-refractivity contribution >= 4 is 10.0 Å². The molecule has 0 aliphatic carbocycles. The first-order valence-electron chi connectivity index (χ1n) is 7.98. The molecule has 8 heteroatoms. The monoisotopic (exact) mass is 358 g/mol. The number of nitriles is 1. The number of piperidine rings is 1. The quantitative estimate of drug-likeness (QED) is 0.807. The fourth-order valence-electron chi connectivity index (χ4n) is 2.78. The molecule has 2 aromatic rings. The number of benzene rings is 1. The Bertz CT molecular complexity index is 865. The van der Waals surface area contributed by atoms with E-state index in [-0.39, 0.29) is 30.0 Å². The molecule has 1 aliphatic heterocycles. The zero-order valence-electron chi connectivity index (χ0n) is 13.6. The highest BCUT2D eigenvalue weighted by Crippen LogP contribution is 2.21.